The Labute approximate surface area is 84.0 Å². The average molecular weight is 196 g/mol. The largest absolute Gasteiger partial charge is 0.359 e. The Balaban J connectivity index is 2.55. The van der Waals surface area contributed by atoms with Crippen molar-refractivity contribution in [3.8, 4) is 0 Å². The zero-order chi connectivity index (χ0) is 10.6. The molecule has 0 aromatic carbocycles. The number of piperidine rings is 1. The Morgan fingerprint density at radius 3 is 2.86 bits per heavy atom. The predicted octanol–water partition coefficient (Wildman–Crippen LogP) is 0.157. The molecule has 1 N–H and O–H groups in total. The number of likely N-dealkylation sites (tertiary alicyclic amines) is 1. The molecule has 0 saturated carbocycles. The van der Waals surface area contributed by atoms with E-state index in [4.69, 9.17) is 0 Å². The molecule has 4 nitrogen and oxygen atoms in total. The minimum Gasteiger partial charge on any atom is -0.359 e. The number of carbonyl (C=O) groups excluding carboxylic acids is 2. The molecule has 0 radical (unpaired) electrons. The van der Waals surface area contributed by atoms with E-state index in [-0.39, 0.29) is 17.7 Å². The van der Waals surface area contributed by atoms with E-state index in [1.807, 2.05) is 0 Å². The second-order valence-electron chi connectivity index (χ2n) is 3.44. The van der Waals surface area contributed by atoms with Gasteiger partial charge in [0.05, 0.1) is 5.92 Å². The number of nitrogens with zero attached hydrogens (tertiary/aromatic N) is 1. The molecule has 0 unspecified atom stereocenters. The van der Waals surface area contributed by atoms with Gasteiger partial charge >= 0.3 is 0 Å². The van der Waals surface area contributed by atoms with E-state index >= 15 is 0 Å². The van der Waals surface area contributed by atoms with Crippen LogP contribution in [0.25, 0.3) is 0 Å². The van der Waals surface area contributed by atoms with Gasteiger partial charge in [-0.2, -0.15) is 0 Å². The van der Waals surface area contributed by atoms with Crippen LogP contribution in [0.15, 0.2) is 12.7 Å². The summed E-state index contributed by atoms with van der Waals surface area (Å²) in [7, 11) is 1.62. The maximum Gasteiger partial charge on any atom is 0.245 e. The maximum atomic E-state index is 11.3. The van der Waals surface area contributed by atoms with Gasteiger partial charge in [0.15, 0.2) is 0 Å². The van der Waals surface area contributed by atoms with Crippen molar-refractivity contribution in [2.24, 2.45) is 5.92 Å². The number of hydrogen-bond acceptors (Lipinski definition) is 2. The van der Waals surface area contributed by atoms with Gasteiger partial charge in [-0.25, -0.2) is 0 Å². The minimum absolute atomic E-state index is 0.0200. The molecule has 1 saturated heterocycles. The molecule has 0 bridgehead atoms. The van der Waals surface area contributed by atoms with E-state index in [0.29, 0.717) is 6.54 Å². The van der Waals surface area contributed by atoms with Gasteiger partial charge in [0.25, 0.3) is 0 Å². The van der Waals surface area contributed by atoms with Crippen molar-refractivity contribution >= 4 is 11.8 Å². The van der Waals surface area contributed by atoms with Gasteiger partial charge in [0.2, 0.25) is 11.8 Å². The van der Waals surface area contributed by atoms with Crippen LogP contribution >= 0.6 is 0 Å². The van der Waals surface area contributed by atoms with Crippen LogP contribution in [-0.2, 0) is 9.59 Å². The summed E-state index contributed by atoms with van der Waals surface area (Å²) in [5, 5.41) is 2.61. The highest BCUT2D eigenvalue weighted by atomic mass is 16.2. The van der Waals surface area contributed by atoms with Gasteiger partial charge in [-0.1, -0.05) is 6.58 Å². The van der Waals surface area contributed by atoms with Crippen molar-refractivity contribution in [3.05, 3.63) is 12.7 Å². The summed E-state index contributed by atoms with van der Waals surface area (Å²) in [5.74, 6) is -0.122. The first kappa shape index (κ1) is 10.8. The average Bonchev–Trinajstić information content (AvgIpc) is 2.27. The number of hydrogen-bond donors (Lipinski definition) is 1. The Bertz CT molecular complexity index is 251. The van der Waals surface area contributed by atoms with Gasteiger partial charge in [0.1, 0.15) is 0 Å². The minimum atomic E-state index is -0.0846. The van der Waals surface area contributed by atoms with E-state index in [1.54, 1.807) is 11.9 Å². The van der Waals surface area contributed by atoms with Crippen LogP contribution in [0, 0.1) is 5.92 Å². The van der Waals surface area contributed by atoms with Crippen molar-refractivity contribution in [3.63, 3.8) is 0 Å². The van der Waals surface area contributed by atoms with Crippen LogP contribution < -0.4 is 5.32 Å². The molecule has 1 aliphatic heterocycles. The molecular weight excluding hydrogens is 180 g/mol. The molecule has 0 aromatic rings. The monoisotopic (exact) mass is 196 g/mol. The van der Waals surface area contributed by atoms with Crippen LogP contribution in [0.4, 0.5) is 0 Å². The standard InChI is InChI=1S/C10H16N2O2/c1-3-9(13)12-6-4-5-8(7-12)10(14)11-2/h3,8H,1,4-7H2,2H3,(H,11,14)/t8-/m1/s1. The van der Waals surface area contributed by atoms with Crippen LogP contribution in [-0.4, -0.2) is 36.9 Å². The highest BCUT2D eigenvalue weighted by molar-refractivity contribution is 5.88. The first-order valence-corrected chi connectivity index (χ1v) is 4.82. The predicted molar refractivity (Wildman–Crippen MR) is 53.6 cm³/mol. The van der Waals surface area contributed by atoms with Crippen LogP contribution in [0.2, 0.25) is 0 Å². The lowest BCUT2D eigenvalue weighted by Crippen LogP contribution is -2.44. The molecule has 1 aliphatic rings. The highest BCUT2D eigenvalue weighted by Gasteiger charge is 2.26. The Morgan fingerprint density at radius 1 is 1.57 bits per heavy atom. The van der Waals surface area contributed by atoms with Gasteiger partial charge in [0, 0.05) is 20.1 Å². The molecule has 0 aliphatic carbocycles. The van der Waals surface area contributed by atoms with Crippen LogP contribution in [0.3, 0.4) is 0 Å². The zero-order valence-electron chi connectivity index (χ0n) is 8.45. The fraction of sp³-hybridized carbons (Fsp3) is 0.600. The van der Waals surface area contributed by atoms with Gasteiger partial charge < -0.3 is 10.2 Å². The molecule has 1 atom stereocenters. The summed E-state index contributed by atoms with van der Waals surface area (Å²) >= 11 is 0. The zero-order valence-corrected chi connectivity index (χ0v) is 8.45. The van der Waals surface area contributed by atoms with E-state index < -0.39 is 0 Å². The van der Waals surface area contributed by atoms with E-state index in [1.165, 1.54) is 6.08 Å². The molecule has 0 aromatic heterocycles. The summed E-state index contributed by atoms with van der Waals surface area (Å²) in [4.78, 5) is 24.3. The third-order valence-electron chi connectivity index (χ3n) is 2.52. The molecule has 0 spiro atoms. The fourth-order valence-electron chi connectivity index (χ4n) is 1.72. The summed E-state index contributed by atoms with van der Waals surface area (Å²) in [6, 6.07) is 0. The second kappa shape index (κ2) is 4.79. The molecular formula is C10H16N2O2. The first-order chi connectivity index (χ1) is 6.69. The summed E-state index contributed by atoms with van der Waals surface area (Å²) in [5.41, 5.74) is 0. The second-order valence-corrected chi connectivity index (χ2v) is 3.44. The van der Waals surface area contributed by atoms with Crippen LogP contribution in [0.5, 0.6) is 0 Å². The van der Waals surface area contributed by atoms with Gasteiger partial charge in [-0.3, -0.25) is 9.59 Å². The number of amides is 2. The maximum absolute atomic E-state index is 11.3. The third kappa shape index (κ3) is 2.34. The van der Waals surface area contributed by atoms with E-state index in [9.17, 15) is 9.59 Å². The smallest absolute Gasteiger partial charge is 0.245 e. The van der Waals surface area contributed by atoms with Crippen molar-refractivity contribution in [1.82, 2.24) is 10.2 Å². The topological polar surface area (TPSA) is 49.4 Å². The van der Waals surface area contributed by atoms with Crippen molar-refractivity contribution in [2.45, 2.75) is 12.8 Å². The van der Waals surface area contributed by atoms with Crippen LogP contribution in [0.1, 0.15) is 12.8 Å². The normalized spacial score (nSPS) is 21.5. The molecule has 1 heterocycles. The number of rotatable bonds is 2. The highest BCUT2D eigenvalue weighted by Crippen LogP contribution is 2.16. The van der Waals surface area contributed by atoms with Gasteiger partial charge in [-0.05, 0) is 18.9 Å². The molecule has 1 fully saturated rings. The van der Waals surface area contributed by atoms with E-state index in [2.05, 4.69) is 11.9 Å². The Kier molecular flexibility index (Phi) is 3.68. The number of nitrogens with one attached hydrogen (secondary N) is 1. The fourth-order valence-corrected chi connectivity index (χ4v) is 1.72. The molecule has 2 amide bonds. The molecule has 78 valence electrons. The quantitative estimate of drug-likeness (QED) is 0.639. The van der Waals surface area contributed by atoms with E-state index in [0.717, 1.165) is 19.4 Å². The van der Waals surface area contributed by atoms with Crippen molar-refractivity contribution in [2.75, 3.05) is 20.1 Å². The lowest BCUT2D eigenvalue weighted by molar-refractivity contribution is -0.131. The summed E-state index contributed by atoms with van der Waals surface area (Å²) in [6.45, 7) is 4.69. The van der Waals surface area contributed by atoms with Crippen molar-refractivity contribution < 1.29 is 9.59 Å². The third-order valence-corrected chi connectivity index (χ3v) is 2.52. The summed E-state index contributed by atoms with van der Waals surface area (Å²) in [6.07, 6.45) is 3.05. The molecule has 1 rings (SSSR count). The van der Waals surface area contributed by atoms with Crippen molar-refractivity contribution in [1.29, 1.82) is 0 Å². The lowest BCUT2D eigenvalue weighted by Gasteiger charge is -2.30. The first-order valence-electron chi connectivity index (χ1n) is 4.82. The Morgan fingerprint density at radius 2 is 2.29 bits per heavy atom. The molecule has 4 heteroatoms. The molecule has 14 heavy (non-hydrogen) atoms. The summed E-state index contributed by atoms with van der Waals surface area (Å²) < 4.78 is 0. The SMILES string of the molecule is C=CC(=O)N1CCC[C@@H](C(=O)NC)C1. The van der Waals surface area contributed by atoms with Gasteiger partial charge in [-0.15, -0.1) is 0 Å². The number of carbonyl (C=O) groups is 2. The lowest BCUT2D eigenvalue weighted by atomic mass is 9.97. The Hall–Kier alpha value is -1.32.